The van der Waals surface area contributed by atoms with Crippen molar-refractivity contribution < 1.29 is 22.4 Å². The number of nitrogens with zero attached hydrogens (tertiary/aromatic N) is 3. The van der Waals surface area contributed by atoms with Crippen molar-refractivity contribution in [2.45, 2.75) is 38.4 Å². The molecule has 1 aliphatic heterocycles. The van der Waals surface area contributed by atoms with E-state index in [-0.39, 0.29) is 11.9 Å². The summed E-state index contributed by atoms with van der Waals surface area (Å²) in [5.41, 5.74) is 0.915. The molecule has 1 N–H and O–H groups in total. The lowest BCUT2D eigenvalue weighted by Gasteiger charge is -2.49. The third-order valence-electron chi connectivity index (χ3n) is 8.10. The number of hydrogen-bond acceptors (Lipinski definition) is 2. The van der Waals surface area contributed by atoms with Gasteiger partial charge in [-0.25, -0.2) is 4.98 Å². The number of piperazine rings is 1. The van der Waals surface area contributed by atoms with Gasteiger partial charge in [0.2, 0.25) is 0 Å². The second-order valence-electron chi connectivity index (χ2n) is 10.5. The van der Waals surface area contributed by atoms with Crippen molar-refractivity contribution in [1.82, 2.24) is 14.9 Å². The Kier molecular flexibility index (Phi) is 7.75. The van der Waals surface area contributed by atoms with E-state index in [0.717, 1.165) is 71.3 Å². The molecule has 0 saturated carbocycles. The minimum Gasteiger partial charge on any atom is -0.344 e. The Morgan fingerprint density at radius 2 is 1.74 bits per heavy atom. The smallest absolute Gasteiger partial charge is 0.344 e. The fraction of sp³-hybridized carbons (Fsp3) is 0.355. The lowest BCUT2D eigenvalue weighted by Crippen LogP contribution is -2.62. The van der Waals surface area contributed by atoms with E-state index in [4.69, 9.17) is 0 Å². The van der Waals surface area contributed by atoms with Gasteiger partial charge in [-0.05, 0) is 41.0 Å². The van der Waals surface area contributed by atoms with Gasteiger partial charge in [-0.3, -0.25) is 4.79 Å². The number of alkyl halides is 3. The number of fused-ring (bicyclic) bond motifs is 1. The average Bonchev–Trinajstić information content (AvgIpc) is 3.49. The van der Waals surface area contributed by atoms with E-state index in [1.165, 1.54) is 0 Å². The Labute approximate surface area is 226 Å². The predicted octanol–water partition coefficient (Wildman–Crippen LogP) is 6.64. The van der Waals surface area contributed by atoms with Crippen molar-refractivity contribution in [1.29, 1.82) is 0 Å². The summed E-state index contributed by atoms with van der Waals surface area (Å²) in [5, 5.41) is 2.00. The lowest BCUT2D eigenvalue weighted by molar-refractivity contribution is -0.961. The topological polar surface area (TPSA) is 49.0 Å². The van der Waals surface area contributed by atoms with Crippen LogP contribution in [-0.2, 0) is 12.6 Å². The molecule has 1 aromatic heterocycles. The third kappa shape index (κ3) is 5.71. The van der Waals surface area contributed by atoms with Crippen molar-refractivity contribution in [2.75, 3.05) is 32.7 Å². The van der Waals surface area contributed by atoms with E-state index in [0.29, 0.717) is 25.1 Å². The number of H-pyrrole nitrogens is 1. The average molecular weight is 536 g/mol. The maximum atomic E-state index is 13.6. The number of quaternary nitrogens is 1. The van der Waals surface area contributed by atoms with Gasteiger partial charge in [0, 0.05) is 24.4 Å². The van der Waals surface area contributed by atoms with E-state index in [1.54, 1.807) is 24.5 Å². The Morgan fingerprint density at radius 3 is 2.41 bits per heavy atom. The first-order chi connectivity index (χ1) is 18.8. The highest BCUT2D eigenvalue weighted by Gasteiger charge is 2.43. The number of aromatic nitrogens is 2. The highest BCUT2D eigenvalue weighted by Crippen LogP contribution is 2.35. The highest BCUT2D eigenvalue weighted by atomic mass is 19.4. The molecule has 2 heterocycles. The van der Waals surface area contributed by atoms with Gasteiger partial charge in [-0.1, -0.05) is 61.9 Å². The second kappa shape index (κ2) is 11.2. The van der Waals surface area contributed by atoms with E-state index in [2.05, 4.69) is 16.9 Å². The van der Waals surface area contributed by atoms with E-state index >= 15 is 0 Å². The molecular formula is C31H34F3N4O+. The number of benzene rings is 3. The number of rotatable bonds is 8. The van der Waals surface area contributed by atoms with E-state index < -0.39 is 11.7 Å². The van der Waals surface area contributed by atoms with Crippen LogP contribution in [0.15, 0.2) is 79.1 Å². The molecule has 0 bridgehead atoms. The van der Waals surface area contributed by atoms with Crippen molar-refractivity contribution in [3.05, 3.63) is 102 Å². The van der Waals surface area contributed by atoms with Gasteiger partial charge in [0.05, 0.1) is 38.3 Å². The number of nitrogens with one attached hydrogen (secondary N) is 1. The fourth-order valence-electron chi connectivity index (χ4n) is 5.88. The van der Waals surface area contributed by atoms with Gasteiger partial charge in [-0.2, -0.15) is 13.2 Å². The molecular weight excluding hydrogens is 501 g/mol. The van der Waals surface area contributed by atoms with Crippen LogP contribution in [0.25, 0.3) is 10.8 Å². The molecule has 0 unspecified atom stereocenters. The first kappa shape index (κ1) is 26.9. The van der Waals surface area contributed by atoms with Crippen LogP contribution in [0.5, 0.6) is 0 Å². The molecule has 1 amide bonds. The molecule has 204 valence electrons. The summed E-state index contributed by atoms with van der Waals surface area (Å²) < 4.78 is 40.2. The van der Waals surface area contributed by atoms with Crippen LogP contribution in [-0.4, -0.2) is 58.0 Å². The Bertz CT molecular complexity index is 1390. The molecule has 0 aliphatic carbocycles. The molecule has 8 heteroatoms. The van der Waals surface area contributed by atoms with Crippen LogP contribution in [0.2, 0.25) is 0 Å². The van der Waals surface area contributed by atoms with Crippen molar-refractivity contribution in [2.24, 2.45) is 0 Å². The van der Waals surface area contributed by atoms with Crippen LogP contribution in [0.1, 0.15) is 53.1 Å². The maximum absolute atomic E-state index is 13.6. The molecule has 5 rings (SSSR count). The summed E-state index contributed by atoms with van der Waals surface area (Å²) in [7, 11) is 0. The monoisotopic (exact) mass is 535 g/mol. The first-order valence-electron chi connectivity index (χ1n) is 13.6. The molecule has 5 nitrogen and oxygen atoms in total. The summed E-state index contributed by atoms with van der Waals surface area (Å²) in [6.45, 7) is 5.80. The van der Waals surface area contributed by atoms with E-state index in [9.17, 15) is 18.0 Å². The van der Waals surface area contributed by atoms with Gasteiger partial charge in [0.1, 0.15) is 0 Å². The third-order valence-corrected chi connectivity index (χ3v) is 8.10. The summed E-state index contributed by atoms with van der Waals surface area (Å²) in [5.74, 6) is 0.872. The van der Waals surface area contributed by atoms with Gasteiger partial charge in [0.15, 0.2) is 11.9 Å². The molecule has 0 radical (unpaired) electrons. The maximum Gasteiger partial charge on any atom is 0.416 e. The van der Waals surface area contributed by atoms with Gasteiger partial charge >= 0.3 is 6.18 Å². The zero-order chi connectivity index (χ0) is 27.5. The molecule has 1 saturated heterocycles. The SMILES string of the molecule is CCCC[N+]1([C@@H](Cc2ccc(C(F)(F)F)cc2)c2ncc[nH]2)CCN(C(=O)c2cccc3ccccc23)CC1. The lowest BCUT2D eigenvalue weighted by atomic mass is 9.97. The molecule has 1 aliphatic rings. The Morgan fingerprint density at radius 1 is 1.03 bits per heavy atom. The second-order valence-corrected chi connectivity index (χ2v) is 10.5. The van der Waals surface area contributed by atoms with Crippen LogP contribution in [0.3, 0.4) is 0 Å². The van der Waals surface area contributed by atoms with E-state index in [1.807, 2.05) is 47.4 Å². The number of amides is 1. The molecule has 39 heavy (non-hydrogen) atoms. The fourth-order valence-corrected chi connectivity index (χ4v) is 5.88. The zero-order valence-corrected chi connectivity index (χ0v) is 22.1. The summed E-state index contributed by atoms with van der Waals surface area (Å²) >= 11 is 0. The number of aromatic amines is 1. The first-order valence-corrected chi connectivity index (χ1v) is 13.6. The minimum absolute atomic E-state index is 0.0392. The number of unbranched alkanes of at least 4 members (excludes halogenated alkanes) is 1. The van der Waals surface area contributed by atoms with Gasteiger partial charge < -0.3 is 14.4 Å². The normalized spacial score (nSPS) is 16.4. The van der Waals surface area contributed by atoms with Crippen molar-refractivity contribution in [3.8, 4) is 0 Å². The number of halogens is 3. The number of carbonyl (C=O) groups is 1. The molecule has 1 atom stereocenters. The summed E-state index contributed by atoms with van der Waals surface area (Å²) in [6, 6.07) is 19.2. The Balaban J connectivity index is 1.41. The minimum atomic E-state index is -4.36. The van der Waals surface area contributed by atoms with Gasteiger partial charge in [0.25, 0.3) is 5.91 Å². The van der Waals surface area contributed by atoms with Gasteiger partial charge in [-0.15, -0.1) is 0 Å². The number of imidazole rings is 1. The molecule has 4 aromatic rings. The predicted molar refractivity (Wildman–Crippen MR) is 146 cm³/mol. The standard InChI is InChI=1S/C31H34F3N4O/c1-2-3-19-38(28(29-35-15-16-36-29)22-23-11-13-25(14-12-23)31(32,33)34)20-17-37(18-21-38)30(39)27-10-6-8-24-7-4-5-9-26(24)27/h4-16,28H,2-3,17-22H2,1H3,(H,35,36)/q+1/t28-/m0/s1. The van der Waals surface area contributed by atoms with Crippen LogP contribution in [0.4, 0.5) is 13.2 Å². The Hall–Kier alpha value is -3.65. The quantitative estimate of drug-likeness (QED) is 0.257. The van der Waals surface area contributed by atoms with Crippen molar-refractivity contribution >= 4 is 16.7 Å². The molecule has 3 aromatic carbocycles. The summed E-state index contributed by atoms with van der Waals surface area (Å²) in [6.07, 6.45) is 1.77. The highest BCUT2D eigenvalue weighted by molar-refractivity contribution is 6.07. The largest absolute Gasteiger partial charge is 0.416 e. The number of carbonyl (C=O) groups excluding carboxylic acids is 1. The summed E-state index contributed by atoms with van der Waals surface area (Å²) in [4.78, 5) is 23.5. The van der Waals surface area contributed by atoms with Crippen LogP contribution < -0.4 is 0 Å². The van der Waals surface area contributed by atoms with Crippen molar-refractivity contribution in [3.63, 3.8) is 0 Å². The molecule has 0 spiro atoms. The van der Waals surface area contributed by atoms with Crippen LogP contribution >= 0.6 is 0 Å². The zero-order valence-electron chi connectivity index (χ0n) is 22.1. The molecule has 1 fully saturated rings. The van der Waals surface area contributed by atoms with Crippen LogP contribution in [0, 0.1) is 0 Å². The number of hydrogen-bond donors (Lipinski definition) is 1.